The fourth-order valence-corrected chi connectivity index (χ4v) is 18.9. The Balaban J connectivity index is 1.75. The lowest BCUT2D eigenvalue weighted by Gasteiger charge is -2.17. The second kappa shape index (κ2) is 87.3. The number of ether oxygens (including phenoxy) is 6. The number of rotatable bonds is 90. The summed E-state index contributed by atoms with van der Waals surface area (Å²) in [6, 6.07) is 32.9. The lowest BCUT2D eigenvalue weighted by molar-refractivity contribution is -0.124. The predicted octanol–water partition coefficient (Wildman–Crippen LogP) is 39.0. The molecule has 0 N–H and O–H groups in total. The summed E-state index contributed by atoms with van der Waals surface area (Å²) < 4.78 is 42.2. The van der Waals surface area contributed by atoms with Crippen LogP contribution in [0.1, 0.15) is 575 Å². The van der Waals surface area contributed by atoms with Gasteiger partial charge >= 0.3 is 0 Å². The number of benzene rings is 5. The highest BCUT2D eigenvalue weighted by Gasteiger charge is 2.22. The van der Waals surface area contributed by atoms with Crippen LogP contribution >= 0.6 is 0 Å². The van der Waals surface area contributed by atoms with Crippen LogP contribution in [0, 0.1) is 59.2 Å². The van der Waals surface area contributed by atoms with E-state index in [-0.39, 0.29) is 11.8 Å². The Hall–Kier alpha value is -7.52. The van der Waals surface area contributed by atoms with Gasteiger partial charge in [-0.15, -0.1) is 0 Å². The maximum atomic E-state index is 14.6. The molecule has 0 aliphatic rings. The van der Waals surface area contributed by atoms with Crippen LogP contribution in [0.3, 0.4) is 0 Å². The average molecular weight is 1890 g/mol. The highest BCUT2D eigenvalue weighted by molar-refractivity contribution is 5.81. The van der Waals surface area contributed by atoms with Crippen LogP contribution in [0.15, 0.2) is 97.1 Å². The van der Waals surface area contributed by atoms with Crippen molar-refractivity contribution >= 4 is 11.6 Å². The summed E-state index contributed by atoms with van der Waals surface area (Å²) in [5.41, 5.74) is 6.13. The number of ketones is 2. The predicted molar refractivity (Wildman–Crippen MR) is 593 cm³/mol. The second-order valence-corrected chi connectivity index (χ2v) is 40.6. The molecular formula is C130H202O8. The van der Waals surface area contributed by atoms with E-state index < -0.39 is 0 Å². The van der Waals surface area contributed by atoms with Crippen molar-refractivity contribution in [2.75, 3.05) is 39.6 Å². The fraction of sp³-hybridized carbons (Fsp3) is 0.692. The van der Waals surface area contributed by atoms with E-state index in [9.17, 15) is 9.59 Å². The average Bonchev–Trinajstić information content (AvgIpc) is 0.815. The molecule has 5 aromatic rings. The smallest absolute Gasteiger partial charge is 0.136 e. The van der Waals surface area contributed by atoms with E-state index >= 15 is 0 Å². The molecule has 0 aromatic heterocycles. The number of carbonyl (C=O) groups is 2. The Morgan fingerprint density at radius 1 is 0.188 bits per heavy atom. The molecule has 8 nitrogen and oxygen atoms in total. The molecule has 0 amide bonds. The molecule has 0 radical (unpaired) electrons. The molecule has 0 atom stereocenters. The van der Waals surface area contributed by atoms with Crippen molar-refractivity contribution in [2.45, 2.75) is 531 Å². The molecule has 0 aliphatic heterocycles. The molecule has 770 valence electrons. The zero-order chi connectivity index (χ0) is 98.2. The van der Waals surface area contributed by atoms with Gasteiger partial charge in [-0.3, -0.25) is 9.59 Å². The second-order valence-electron chi connectivity index (χ2n) is 40.6. The summed E-state index contributed by atoms with van der Waals surface area (Å²) >= 11 is 0. The van der Waals surface area contributed by atoms with Crippen molar-refractivity contribution in [1.82, 2.24) is 0 Å². The molecule has 138 heavy (non-hydrogen) atoms. The van der Waals surface area contributed by atoms with Crippen LogP contribution in [0.2, 0.25) is 0 Å². The van der Waals surface area contributed by atoms with Crippen LogP contribution in [0.5, 0.6) is 34.5 Å². The van der Waals surface area contributed by atoms with Crippen LogP contribution < -0.4 is 28.4 Å². The molecule has 0 unspecified atom stereocenters. The molecule has 0 heterocycles. The summed E-state index contributed by atoms with van der Waals surface area (Å²) in [6.07, 6.45) is 86.7. The van der Waals surface area contributed by atoms with Crippen LogP contribution in [0.25, 0.3) is 0 Å². The topological polar surface area (TPSA) is 89.5 Å². The van der Waals surface area contributed by atoms with E-state index in [0.717, 1.165) is 138 Å². The highest BCUT2D eigenvalue weighted by atomic mass is 16.5. The van der Waals surface area contributed by atoms with Crippen LogP contribution in [0.4, 0.5) is 0 Å². The molecule has 0 bridgehead atoms. The molecule has 0 fully saturated rings. The van der Waals surface area contributed by atoms with Gasteiger partial charge in [-0.05, 0) is 101 Å². The van der Waals surface area contributed by atoms with Gasteiger partial charge in [0.05, 0.1) is 73.0 Å². The Morgan fingerprint density at radius 3 is 0.522 bits per heavy atom. The first kappa shape index (κ1) is 121. The van der Waals surface area contributed by atoms with Gasteiger partial charge in [0.2, 0.25) is 0 Å². The zero-order valence-electron chi connectivity index (χ0n) is 90.2. The van der Waals surface area contributed by atoms with Gasteiger partial charge in [0, 0.05) is 72.2 Å². The SMILES string of the molecule is CCCCCCCCCCCCOc1cc(C#Cc2cc(OCCCCC(=O)C(CCCCCCCC)CCCCCCCC)c(C#Cc3cc(OCCCCCCCCCCCC)c(C#Cc4ccccc4)cc3OCCCCCCCCCCCC)cc2OCCCCC(=O)C(CCCCCCCC)CCCCCCCC)c(OCCCCCCCCCCCC)cc1C#Cc1ccccc1. The van der Waals surface area contributed by atoms with Crippen LogP contribution in [-0.4, -0.2) is 51.2 Å². The van der Waals surface area contributed by atoms with Gasteiger partial charge in [0.15, 0.2) is 0 Å². The van der Waals surface area contributed by atoms with Crippen molar-refractivity contribution < 1.29 is 38.0 Å². The Kier molecular flexibility index (Phi) is 76.5. The first-order valence-corrected chi connectivity index (χ1v) is 58.7. The molecule has 8 heteroatoms. The summed E-state index contributed by atoms with van der Waals surface area (Å²) in [5.74, 6) is 33.9. The standard InChI is InChI=1S/C130H202O8/c1-9-17-25-33-41-45-49-53-61-77-101-133-125-109-119(127(107-117(125)95-93-113-83-67-65-68-84-113)135-103-79-63-55-51-47-43-35-27-19-11-3)97-99-121-111-130(138-106-82-76-92-124(132)116(89-73-59-39-31-23-15-7)90-74-60-40-32-24-16-8)122(112-129(121)137-105-81-75-91-123(131)115(87-71-57-37-29-21-13-5)88-72-58-38-30-22-14-6)100-98-120-110-126(134-102-78-62-54-50-46-42-34-26-18-10-2)118(96-94-114-85-69-66-70-86-114)108-128(120)136-104-80-64-56-52-48-44-36-28-20-12-4/h65-70,83-86,107-112,115-116H,9-64,71-82,87-92,101-106H2,1-8H3. The van der Waals surface area contributed by atoms with Crippen molar-refractivity contribution in [3.63, 3.8) is 0 Å². The summed E-state index contributed by atoms with van der Waals surface area (Å²) in [7, 11) is 0. The van der Waals surface area contributed by atoms with E-state index in [0.29, 0.717) is 134 Å². The van der Waals surface area contributed by atoms with E-state index in [1.165, 1.54) is 334 Å². The molecular weight excluding hydrogens is 1690 g/mol. The molecule has 0 spiro atoms. The quantitative estimate of drug-likeness (QED) is 0.0281. The van der Waals surface area contributed by atoms with Gasteiger partial charge in [-0.25, -0.2) is 0 Å². The minimum absolute atomic E-state index is 0.108. The van der Waals surface area contributed by atoms with Crippen LogP contribution in [-0.2, 0) is 9.59 Å². The third-order valence-corrected chi connectivity index (χ3v) is 27.8. The number of unbranched alkanes of at least 4 members (excludes halogenated alkanes) is 58. The minimum atomic E-state index is 0.108. The molecule has 5 aromatic carbocycles. The lowest BCUT2D eigenvalue weighted by atomic mass is 9.88. The normalized spacial score (nSPS) is 11.1. The van der Waals surface area contributed by atoms with E-state index in [1.807, 2.05) is 48.5 Å². The van der Waals surface area contributed by atoms with Crippen molar-refractivity contribution in [3.05, 3.63) is 142 Å². The van der Waals surface area contributed by atoms with Crippen molar-refractivity contribution in [2.24, 2.45) is 11.8 Å². The highest BCUT2D eigenvalue weighted by Crippen LogP contribution is 2.36. The van der Waals surface area contributed by atoms with Crippen molar-refractivity contribution in [3.8, 4) is 81.9 Å². The summed E-state index contributed by atoms with van der Waals surface area (Å²) in [6.45, 7) is 21.3. The fourth-order valence-electron chi connectivity index (χ4n) is 18.9. The Labute approximate surface area is 849 Å². The first-order valence-electron chi connectivity index (χ1n) is 58.7. The van der Waals surface area contributed by atoms with Gasteiger partial charge in [-0.1, -0.05) is 524 Å². The van der Waals surface area contributed by atoms with Gasteiger partial charge < -0.3 is 28.4 Å². The molecule has 0 saturated carbocycles. The van der Waals surface area contributed by atoms with Gasteiger partial charge in [-0.2, -0.15) is 0 Å². The van der Waals surface area contributed by atoms with Gasteiger partial charge in [0.25, 0.3) is 0 Å². The minimum Gasteiger partial charge on any atom is -0.492 e. The number of hydrogen-bond acceptors (Lipinski definition) is 8. The maximum absolute atomic E-state index is 14.6. The Morgan fingerprint density at radius 2 is 0.341 bits per heavy atom. The summed E-state index contributed by atoms with van der Waals surface area (Å²) in [5, 5.41) is 0. The molecule has 5 rings (SSSR count). The zero-order valence-corrected chi connectivity index (χ0v) is 90.2. The monoisotopic (exact) mass is 1890 g/mol. The van der Waals surface area contributed by atoms with E-state index in [4.69, 9.17) is 28.4 Å². The largest absolute Gasteiger partial charge is 0.492 e. The summed E-state index contributed by atoms with van der Waals surface area (Å²) in [4.78, 5) is 29.2. The first-order chi connectivity index (χ1) is 68.2. The lowest BCUT2D eigenvalue weighted by Crippen LogP contribution is -2.15. The maximum Gasteiger partial charge on any atom is 0.136 e. The molecule has 0 aliphatic carbocycles. The van der Waals surface area contributed by atoms with E-state index in [1.54, 1.807) is 0 Å². The van der Waals surface area contributed by atoms with E-state index in [2.05, 4.69) is 151 Å². The number of hydrogen-bond donors (Lipinski definition) is 0. The number of carbonyl (C=O) groups excluding carboxylic acids is 2. The molecule has 0 saturated heterocycles. The Bertz CT molecular complexity index is 3760. The third-order valence-electron chi connectivity index (χ3n) is 27.8. The van der Waals surface area contributed by atoms with Crippen molar-refractivity contribution in [1.29, 1.82) is 0 Å². The third kappa shape index (κ3) is 61.4. The van der Waals surface area contributed by atoms with Gasteiger partial charge in [0.1, 0.15) is 46.1 Å². The number of Topliss-reactive ketones (excluding diaryl/α,β-unsaturated/α-hetero) is 2.